The van der Waals surface area contributed by atoms with E-state index < -0.39 is 11.8 Å². The maximum absolute atomic E-state index is 12.7. The highest BCUT2D eigenvalue weighted by Crippen LogP contribution is 2.27. The van der Waals surface area contributed by atoms with E-state index in [0.717, 1.165) is 5.56 Å². The van der Waals surface area contributed by atoms with E-state index in [1.807, 2.05) is 26.0 Å². The van der Waals surface area contributed by atoms with Crippen molar-refractivity contribution in [3.05, 3.63) is 64.2 Å². The lowest BCUT2D eigenvalue weighted by Crippen LogP contribution is -2.35. The van der Waals surface area contributed by atoms with Gasteiger partial charge in [0.1, 0.15) is 11.3 Å². The number of nitrogens with one attached hydrogen (secondary N) is 1. The van der Waals surface area contributed by atoms with E-state index in [9.17, 15) is 9.59 Å². The fourth-order valence-corrected chi connectivity index (χ4v) is 2.68. The molecule has 1 saturated heterocycles. The van der Waals surface area contributed by atoms with Gasteiger partial charge < -0.3 is 4.74 Å². The summed E-state index contributed by atoms with van der Waals surface area (Å²) in [6, 6.07) is 12.4. The van der Waals surface area contributed by atoms with E-state index in [2.05, 4.69) is 5.43 Å². The summed E-state index contributed by atoms with van der Waals surface area (Å²) >= 11 is 6.12. The third kappa shape index (κ3) is 3.37. The number of hydrogen-bond acceptors (Lipinski definition) is 3. The summed E-state index contributed by atoms with van der Waals surface area (Å²) in [5, 5.41) is 1.72. The van der Waals surface area contributed by atoms with Crippen molar-refractivity contribution < 1.29 is 14.3 Å². The quantitative estimate of drug-likeness (QED) is 0.673. The molecule has 1 heterocycles. The second-order valence-electron chi connectivity index (χ2n) is 5.54. The molecule has 1 N–H and O–H groups in total. The van der Waals surface area contributed by atoms with E-state index in [1.54, 1.807) is 36.4 Å². The lowest BCUT2D eigenvalue weighted by molar-refractivity contribution is -0.117. The number of para-hydroxylation sites is 1. The number of anilines is 1. The number of ether oxygens (including phenoxy) is 1. The Balaban J connectivity index is 1.95. The summed E-state index contributed by atoms with van der Waals surface area (Å²) in [5.41, 5.74) is 4.69. The largest absolute Gasteiger partial charge is 0.493 e. The van der Waals surface area contributed by atoms with Crippen molar-refractivity contribution in [2.24, 2.45) is 0 Å². The molecule has 0 aliphatic carbocycles. The van der Waals surface area contributed by atoms with Gasteiger partial charge in [-0.05, 0) is 43.7 Å². The molecule has 5 nitrogen and oxygen atoms in total. The van der Waals surface area contributed by atoms with E-state index in [-0.39, 0.29) is 5.57 Å². The summed E-state index contributed by atoms with van der Waals surface area (Å²) in [6.45, 7) is 4.24. The molecule has 1 aliphatic heterocycles. The standard InChI is InChI=1S/C19H17ClN2O3/c1-3-25-17-7-5-4-6-13(17)10-15-18(23)21-22(19(15)24)14-9-8-12(2)16(20)11-14/h4-11H,3H2,1-2H3,(H,21,23). The lowest BCUT2D eigenvalue weighted by atomic mass is 10.1. The molecule has 1 aliphatic rings. The van der Waals surface area contributed by atoms with Crippen LogP contribution >= 0.6 is 11.6 Å². The highest BCUT2D eigenvalue weighted by molar-refractivity contribution is 6.33. The van der Waals surface area contributed by atoms with E-state index in [4.69, 9.17) is 16.3 Å². The number of hydrogen-bond donors (Lipinski definition) is 1. The summed E-state index contributed by atoms with van der Waals surface area (Å²) < 4.78 is 5.54. The lowest BCUT2D eigenvalue weighted by Gasteiger charge is -2.15. The number of rotatable bonds is 4. The first-order chi connectivity index (χ1) is 12.0. The third-order valence-electron chi connectivity index (χ3n) is 3.82. The molecule has 0 spiro atoms. The molecule has 0 saturated carbocycles. The van der Waals surface area contributed by atoms with E-state index in [1.165, 1.54) is 5.01 Å². The van der Waals surface area contributed by atoms with Crippen LogP contribution in [0.4, 0.5) is 5.69 Å². The Morgan fingerprint density at radius 3 is 2.68 bits per heavy atom. The fraction of sp³-hybridized carbons (Fsp3) is 0.158. The maximum Gasteiger partial charge on any atom is 0.282 e. The van der Waals surface area contributed by atoms with Crippen LogP contribution in [0.5, 0.6) is 5.75 Å². The van der Waals surface area contributed by atoms with Crippen LogP contribution in [-0.4, -0.2) is 18.4 Å². The second-order valence-corrected chi connectivity index (χ2v) is 5.95. The molecular weight excluding hydrogens is 340 g/mol. The molecule has 0 aromatic heterocycles. The Kier molecular flexibility index (Phi) is 4.76. The first kappa shape index (κ1) is 17.0. The Bertz CT molecular complexity index is 877. The van der Waals surface area contributed by atoms with Crippen molar-refractivity contribution in [1.82, 2.24) is 5.43 Å². The monoisotopic (exact) mass is 356 g/mol. The molecule has 0 bridgehead atoms. The van der Waals surface area contributed by atoms with Gasteiger partial charge in [-0.3, -0.25) is 15.0 Å². The minimum absolute atomic E-state index is 0.0452. The highest BCUT2D eigenvalue weighted by atomic mass is 35.5. The SMILES string of the molecule is CCOc1ccccc1C=C1C(=O)NN(c2ccc(C)c(Cl)c2)C1=O. The van der Waals surface area contributed by atoms with Crippen molar-refractivity contribution in [1.29, 1.82) is 0 Å². The molecule has 3 rings (SSSR count). The summed E-state index contributed by atoms with van der Waals surface area (Å²) in [4.78, 5) is 25.0. The van der Waals surface area contributed by atoms with Crippen LogP contribution in [0.2, 0.25) is 5.02 Å². The topological polar surface area (TPSA) is 58.6 Å². The van der Waals surface area contributed by atoms with Crippen molar-refractivity contribution in [2.75, 3.05) is 11.6 Å². The molecule has 2 amide bonds. The number of benzene rings is 2. The van der Waals surface area contributed by atoms with Crippen LogP contribution < -0.4 is 15.2 Å². The normalized spacial score (nSPS) is 15.6. The van der Waals surface area contributed by atoms with Gasteiger partial charge in [0.15, 0.2) is 0 Å². The Hall–Kier alpha value is -2.79. The molecule has 128 valence electrons. The van der Waals surface area contributed by atoms with Crippen LogP contribution in [0.25, 0.3) is 6.08 Å². The average Bonchev–Trinajstić information content (AvgIpc) is 2.87. The van der Waals surface area contributed by atoms with Crippen LogP contribution in [-0.2, 0) is 9.59 Å². The smallest absolute Gasteiger partial charge is 0.282 e. The number of halogens is 1. The zero-order valence-corrected chi connectivity index (χ0v) is 14.6. The van der Waals surface area contributed by atoms with Crippen molar-refractivity contribution in [3.63, 3.8) is 0 Å². The molecule has 0 unspecified atom stereocenters. The predicted octanol–water partition coefficient (Wildman–Crippen LogP) is 3.51. The van der Waals surface area contributed by atoms with Crippen molar-refractivity contribution in [3.8, 4) is 5.75 Å². The predicted molar refractivity (Wildman–Crippen MR) is 97.4 cm³/mol. The maximum atomic E-state index is 12.7. The number of carbonyl (C=O) groups is 2. The number of hydrazine groups is 1. The second kappa shape index (κ2) is 6.99. The molecule has 0 radical (unpaired) electrons. The zero-order valence-electron chi connectivity index (χ0n) is 13.9. The van der Waals surface area contributed by atoms with Gasteiger partial charge >= 0.3 is 0 Å². The summed E-state index contributed by atoms with van der Waals surface area (Å²) in [7, 11) is 0. The number of aryl methyl sites for hydroxylation is 1. The molecule has 2 aromatic rings. The van der Waals surface area contributed by atoms with Gasteiger partial charge in [-0.25, -0.2) is 5.01 Å². The van der Waals surface area contributed by atoms with Crippen LogP contribution in [0.1, 0.15) is 18.1 Å². The Morgan fingerprint density at radius 2 is 1.96 bits per heavy atom. The number of carbonyl (C=O) groups excluding carboxylic acids is 2. The van der Waals surface area contributed by atoms with Gasteiger partial charge in [0.2, 0.25) is 0 Å². The van der Waals surface area contributed by atoms with Gasteiger partial charge in [-0.1, -0.05) is 35.9 Å². The number of nitrogens with zero attached hydrogens (tertiary/aromatic N) is 1. The van der Waals surface area contributed by atoms with Gasteiger partial charge in [-0.15, -0.1) is 0 Å². The first-order valence-corrected chi connectivity index (χ1v) is 8.24. The van der Waals surface area contributed by atoms with Crippen LogP contribution in [0.3, 0.4) is 0 Å². The molecule has 0 atom stereocenters. The van der Waals surface area contributed by atoms with Crippen LogP contribution in [0, 0.1) is 6.92 Å². The minimum Gasteiger partial charge on any atom is -0.493 e. The third-order valence-corrected chi connectivity index (χ3v) is 4.23. The first-order valence-electron chi connectivity index (χ1n) is 7.86. The van der Waals surface area contributed by atoms with E-state index in [0.29, 0.717) is 28.6 Å². The van der Waals surface area contributed by atoms with Gasteiger partial charge in [0.25, 0.3) is 11.8 Å². The van der Waals surface area contributed by atoms with Gasteiger partial charge in [0.05, 0.1) is 12.3 Å². The Morgan fingerprint density at radius 1 is 1.20 bits per heavy atom. The van der Waals surface area contributed by atoms with Crippen molar-refractivity contribution in [2.45, 2.75) is 13.8 Å². The molecule has 6 heteroatoms. The summed E-state index contributed by atoms with van der Waals surface area (Å²) in [6.07, 6.45) is 1.54. The summed E-state index contributed by atoms with van der Waals surface area (Å²) in [5.74, 6) is -0.279. The molecule has 25 heavy (non-hydrogen) atoms. The fourth-order valence-electron chi connectivity index (χ4n) is 2.50. The van der Waals surface area contributed by atoms with E-state index >= 15 is 0 Å². The number of amides is 2. The minimum atomic E-state index is -0.465. The average molecular weight is 357 g/mol. The van der Waals surface area contributed by atoms with Crippen molar-refractivity contribution >= 4 is 35.2 Å². The molecule has 1 fully saturated rings. The molecular formula is C19H17ClN2O3. The highest BCUT2D eigenvalue weighted by Gasteiger charge is 2.34. The zero-order chi connectivity index (χ0) is 18.0. The van der Waals surface area contributed by atoms with Gasteiger partial charge in [0, 0.05) is 10.6 Å². The Labute approximate surface area is 150 Å². The van der Waals surface area contributed by atoms with Gasteiger partial charge in [-0.2, -0.15) is 0 Å². The van der Waals surface area contributed by atoms with Crippen LogP contribution in [0.15, 0.2) is 48.0 Å². The molecule has 2 aromatic carbocycles.